The maximum atomic E-state index is 12.5. The van der Waals surface area contributed by atoms with Gasteiger partial charge in [-0.1, -0.05) is 48.5 Å². The number of carboxylic acids is 1. The average molecular weight is 437 g/mol. The van der Waals surface area contributed by atoms with E-state index in [0.29, 0.717) is 32.6 Å². The molecule has 0 atom stereocenters. The molecule has 4 rings (SSSR count). The zero-order chi connectivity index (χ0) is 22.5. The summed E-state index contributed by atoms with van der Waals surface area (Å²) in [4.78, 5) is 39.1. The molecule has 8 heteroatoms. The van der Waals surface area contributed by atoms with Gasteiger partial charge in [-0.2, -0.15) is 0 Å². The fourth-order valence-electron chi connectivity index (χ4n) is 4.48. The van der Waals surface area contributed by atoms with Crippen molar-refractivity contribution < 1.29 is 24.2 Å². The third-order valence-corrected chi connectivity index (χ3v) is 6.03. The molecule has 1 saturated heterocycles. The van der Waals surface area contributed by atoms with E-state index in [9.17, 15) is 14.4 Å². The Morgan fingerprint density at radius 1 is 0.938 bits per heavy atom. The van der Waals surface area contributed by atoms with E-state index in [1.54, 1.807) is 4.90 Å². The largest absolute Gasteiger partial charge is 0.480 e. The van der Waals surface area contributed by atoms with E-state index in [0.717, 1.165) is 22.3 Å². The van der Waals surface area contributed by atoms with Gasteiger partial charge in [0.25, 0.3) is 0 Å². The summed E-state index contributed by atoms with van der Waals surface area (Å²) in [5.41, 5.74) is 4.58. The van der Waals surface area contributed by atoms with Gasteiger partial charge in [0.15, 0.2) is 0 Å². The van der Waals surface area contributed by atoms with Gasteiger partial charge >= 0.3 is 12.1 Å². The summed E-state index contributed by atoms with van der Waals surface area (Å²) in [5.74, 6) is -1.10. The molecule has 0 spiro atoms. The molecular formula is C24H27N3O5. The normalized spacial score (nSPS) is 16.1. The van der Waals surface area contributed by atoms with Crippen molar-refractivity contribution in [3.8, 4) is 11.1 Å². The zero-order valence-electron chi connectivity index (χ0n) is 17.8. The summed E-state index contributed by atoms with van der Waals surface area (Å²) in [6, 6.07) is 16.2. The molecule has 2 aliphatic rings. The summed E-state index contributed by atoms with van der Waals surface area (Å²) in [7, 11) is 0. The molecule has 2 amide bonds. The third-order valence-electron chi connectivity index (χ3n) is 6.03. The zero-order valence-corrected chi connectivity index (χ0v) is 17.8. The molecule has 1 heterocycles. The number of hydrogen-bond donors (Lipinski definition) is 2. The molecule has 0 bridgehead atoms. The van der Waals surface area contributed by atoms with E-state index in [1.807, 2.05) is 29.2 Å². The van der Waals surface area contributed by atoms with Crippen molar-refractivity contribution in [2.75, 3.05) is 45.9 Å². The fraction of sp³-hybridized carbons (Fsp3) is 0.375. The molecule has 0 saturated carbocycles. The van der Waals surface area contributed by atoms with Crippen molar-refractivity contribution in [2.24, 2.45) is 0 Å². The Kier molecular flexibility index (Phi) is 6.70. The van der Waals surface area contributed by atoms with Crippen LogP contribution >= 0.6 is 0 Å². The lowest BCUT2D eigenvalue weighted by molar-refractivity contribution is -0.138. The van der Waals surface area contributed by atoms with Crippen molar-refractivity contribution in [1.29, 1.82) is 0 Å². The minimum Gasteiger partial charge on any atom is -0.480 e. The van der Waals surface area contributed by atoms with E-state index in [4.69, 9.17) is 9.84 Å². The smallest absolute Gasteiger partial charge is 0.407 e. The molecule has 1 fully saturated rings. The van der Waals surface area contributed by atoms with Crippen LogP contribution in [0.2, 0.25) is 0 Å². The highest BCUT2D eigenvalue weighted by Gasteiger charge is 2.29. The maximum absolute atomic E-state index is 12.5. The van der Waals surface area contributed by atoms with Gasteiger partial charge in [0.05, 0.1) is 6.54 Å². The first-order valence-electron chi connectivity index (χ1n) is 10.8. The molecule has 1 aliphatic heterocycles. The van der Waals surface area contributed by atoms with Crippen LogP contribution in [-0.2, 0) is 14.3 Å². The Bertz CT molecular complexity index is 963. The van der Waals surface area contributed by atoms with Crippen LogP contribution in [0.3, 0.4) is 0 Å². The van der Waals surface area contributed by atoms with Crippen molar-refractivity contribution in [1.82, 2.24) is 15.1 Å². The van der Waals surface area contributed by atoms with Gasteiger partial charge < -0.3 is 20.1 Å². The quantitative estimate of drug-likeness (QED) is 0.719. The number of carboxylic acid groups (broad SMARTS) is 1. The Morgan fingerprint density at radius 2 is 1.59 bits per heavy atom. The fourth-order valence-corrected chi connectivity index (χ4v) is 4.48. The Morgan fingerprint density at radius 3 is 2.25 bits per heavy atom. The minimum absolute atomic E-state index is 0.0277. The number of carbonyl (C=O) groups is 3. The summed E-state index contributed by atoms with van der Waals surface area (Å²) in [5, 5.41) is 11.5. The van der Waals surface area contributed by atoms with Gasteiger partial charge in [0.2, 0.25) is 5.91 Å². The monoisotopic (exact) mass is 437 g/mol. The number of fused-ring (bicyclic) bond motifs is 3. The van der Waals surface area contributed by atoms with Gasteiger partial charge in [-0.05, 0) is 28.7 Å². The molecular weight excluding hydrogens is 410 g/mol. The second-order valence-electron chi connectivity index (χ2n) is 8.08. The summed E-state index contributed by atoms with van der Waals surface area (Å²) in [6.45, 7) is 2.15. The van der Waals surface area contributed by atoms with Gasteiger partial charge in [-0.25, -0.2) is 4.79 Å². The molecule has 2 aromatic rings. The van der Waals surface area contributed by atoms with Crippen molar-refractivity contribution in [3.05, 3.63) is 59.7 Å². The highest BCUT2D eigenvalue weighted by Crippen LogP contribution is 2.44. The molecule has 2 aromatic carbocycles. The van der Waals surface area contributed by atoms with E-state index in [-0.39, 0.29) is 31.5 Å². The summed E-state index contributed by atoms with van der Waals surface area (Å²) >= 11 is 0. The van der Waals surface area contributed by atoms with Crippen LogP contribution in [0.15, 0.2) is 48.5 Å². The second-order valence-corrected chi connectivity index (χ2v) is 8.08. The van der Waals surface area contributed by atoms with E-state index in [1.165, 1.54) is 0 Å². The predicted octanol–water partition coefficient (Wildman–Crippen LogP) is 2.14. The van der Waals surface area contributed by atoms with Gasteiger partial charge in [-0.15, -0.1) is 0 Å². The predicted molar refractivity (Wildman–Crippen MR) is 118 cm³/mol. The van der Waals surface area contributed by atoms with Crippen molar-refractivity contribution in [3.63, 3.8) is 0 Å². The SMILES string of the molecule is O=C(O)CN1CCCN(C(=O)CNC(=O)OCC2c3ccccc3-c3ccccc32)CC1. The number of ether oxygens (including phenoxy) is 1. The van der Waals surface area contributed by atoms with E-state index in [2.05, 4.69) is 29.6 Å². The summed E-state index contributed by atoms with van der Waals surface area (Å²) < 4.78 is 5.47. The lowest BCUT2D eigenvalue weighted by Gasteiger charge is -2.21. The minimum atomic E-state index is -0.873. The molecule has 0 aromatic heterocycles. The van der Waals surface area contributed by atoms with Crippen LogP contribution in [0.5, 0.6) is 0 Å². The molecule has 168 valence electrons. The van der Waals surface area contributed by atoms with Crippen molar-refractivity contribution >= 4 is 18.0 Å². The molecule has 0 radical (unpaired) electrons. The maximum Gasteiger partial charge on any atom is 0.407 e. The van der Waals surface area contributed by atoms with Gasteiger partial charge in [0.1, 0.15) is 13.2 Å². The first-order chi connectivity index (χ1) is 15.5. The molecule has 32 heavy (non-hydrogen) atoms. The van der Waals surface area contributed by atoms with E-state index < -0.39 is 12.1 Å². The Hall–Kier alpha value is -3.39. The number of nitrogens with zero attached hydrogens (tertiary/aromatic N) is 2. The number of hydrogen-bond acceptors (Lipinski definition) is 5. The molecule has 2 N–H and O–H groups in total. The summed E-state index contributed by atoms with van der Waals surface area (Å²) in [6.07, 6.45) is 0.0757. The van der Waals surface area contributed by atoms with Crippen LogP contribution in [0, 0.1) is 0 Å². The molecule has 1 aliphatic carbocycles. The first-order valence-corrected chi connectivity index (χ1v) is 10.8. The second kappa shape index (κ2) is 9.82. The van der Waals surface area contributed by atoms with Crippen LogP contribution in [0.1, 0.15) is 23.5 Å². The highest BCUT2D eigenvalue weighted by atomic mass is 16.5. The lowest BCUT2D eigenvalue weighted by Crippen LogP contribution is -2.42. The molecule has 0 unspecified atom stereocenters. The van der Waals surface area contributed by atoms with Crippen LogP contribution < -0.4 is 5.32 Å². The Balaban J connectivity index is 1.27. The van der Waals surface area contributed by atoms with E-state index >= 15 is 0 Å². The number of amides is 2. The Labute approximate surface area is 186 Å². The number of carbonyl (C=O) groups excluding carboxylic acids is 2. The molecule has 8 nitrogen and oxygen atoms in total. The number of benzene rings is 2. The number of alkyl carbamates (subject to hydrolysis) is 1. The first kappa shape index (κ1) is 21.8. The number of rotatable bonds is 6. The third kappa shape index (κ3) is 4.91. The average Bonchev–Trinajstić information content (AvgIpc) is 2.92. The highest BCUT2D eigenvalue weighted by molar-refractivity contribution is 5.82. The van der Waals surface area contributed by atoms with Crippen LogP contribution in [0.25, 0.3) is 11.1 Å². The van der Waals surface area contributed by atoms with Gasteiger partial charge in [0, 0.05) is 32.1 Å². The van der Waals surface area contributed by atoms with Gasteiger partial charge in [-0.3, -0.25) is 14.5 Å². The van der Waals surface area contributed by atoms with Crippen LogP contribution in [-0.4, -0.2) is 78.8 Å². The topological polar surface area (TPSA) is 99.2 Å². The number of aliphatic carboxylic acids is 1. The lowest BCUT2D eigenvalue weighted by atomic mass is 9.98. The standard InChI is InChI=1S/C24H27N3O5/c28-22(27-11-5-10-26(12-13-27)15-23(29)30)14-25-24(31)32-16-21-19-8-3-1-6-17(19)18-7-2-4-9-20(18)21/h1-4,6-9,21H,5,10-16H2,(H,25,31)(H,29,30). The van der Waals surface area contributed by atoms with Crippen molar-refractivity contribution in [2.45, 2.75) is 12.3 Å². The number of nitrogens with one attached hydrogen (secondary N) is 1. The van der Waals surface area contributed by atoms with Crippen LogP contribution in [0.4, 0.5) is 4.79 Å².